The number of methoxy groups -OCH3 is 2. The van der Waals surface area contributed by atoms with Gasteiger partial charge in [-0.05, 0) is 28.5 Å². The van der Waals surface area contributed by atoms with Crippen LogP contribution in [0.25, 0.3) is 0 Å². The van der Waals surface area contributed by atoms with Crippen LogP contribution >= 0.6 is 27.3 Å². The van der Waals surface area contributed by atoms with Gasteiger partial charge in [0, 0.05) is 32.2 Å². The maximum atomic E-state index is 12.3. The summed E-state index contributed by atoms with van der Waals surface area (Å²) in [6, 6.07) is 1.68. The molecular weight excluding hydrogens is 380 g/mol. The quantitative estimate of drug-likeness (QED) is 0.622. The van der Waals surface area contributed by atoms with Gasteiger partial charge in [-0.1, -0.05) is 6.92 Å². The Balaban J connectivity index is 2.75. The molecule has 0 saturated heterocycles. The number of rotatable bonds is 10. The van der Waals surface area contributed by atoms with Gasteiger partial charge in [-0.25, -0.2) is 13.1 Å². The first-order valence-corrected chi connectivity index (χ1v) is 9.54. The fourth-order valence-electron chi connectivity index (χ4n) is 1.59. The lowest BCUT2D eigenvalue weighted by Crippen LogP contribution is -2.35. The maximum Gasteiger partial charge on any atom is 0.242 e. The largest absolute Gasteiger partial charge is 0.382 e. The molecule has 9 heteroatoms. The molecule has 21 heavy (non-hydrogen) atoms. The lowest BCUT2D eigenvalue weighted by molar-refractivity contribution is 0.0320. The Bertz CT molecular complexity index is 533. The summed E-state index contributed by atoms with van der Waals surface area (Å²) in [6.07, 6.45) is -0.316. The molecule has 0 spiro atoms. The standard InChI is InChI=1S/C12H21BrN2O4S2/c1-4-14-7-10-5-11(12(13)20-10)21(16,17)15-6-9(19-3)8-18-2/h5,9,14-15H,4,6-8H2,1-3H3. The molecule has 1 atom stereocenters. The summed E-state index contributed by atoms with van der Waals surface area (Å²) in [5, 5.41) is 3.17. The van der Waals surface area contributed by atoms with Crippen molar-refractivity contribution in [3.63, 3.8) is 0 Å². The lowest BCUT2D eigenvalue weighted by Gasteiger charge is -2.14. The van der Waals surface area contributed by atoms with E-state index in [0.29, 0.717) is 16.9 Å². The highest BCUT2D eigenvalue weighted by Gasteiger charge is 2.22. The second-order valence-electron chi connectivity index (χ2n) is 4.30. The van der Waals surface area contributed by atoms with E-state index in [1.165, 1.54) is 18.4 Å². The number of nitrogens with one attached hydrogen (secondary N) is 2. The molecule has 2 N–H and O–H groups in total. The first kappa shape index (κ1) is 19.0. The molecule has 0 amide bonds. The first-order chi connectivity index (χ1) is 9.94. The number of thiophene rings is 1. The highest BCUT2D eigenvalue weighted by atomic mass is 79.9. The topological polar surface area (TPSA) is 76.7 Å². The molecule has 0 fully saturated rings. The summed E-state index contributed by atoms with van der Waals surface area (Å²) in [5.41, 5.74) is 0. The molecule has 1 heterocycles. The third kappa shape index (κ3) is 5.93. The fourth-order valence-corrected chi connectivity index (χ4v) is 5.31. The van der Waals surface area contributed by atoms with Crippen LogP contribution in [0.3, 0.4) is 0 Å². The van der Waals surface area contributed by atoms with Gasteiger partial charge >= 0.3 is 0 Å². The molecule has 1 aromatic heterocycles. The van der Waals surface area contributed by atoms with E-state index in [2.05, 4.69) is 26.0 Å². The van der Waals surface area contributed by atoms with Gasteiger partial charge in [-0.15, -0.1) is 11.3 Å². The van der Waals surface area contributed by atoms with Crippen LogP contribution in [0.2, 0.25) is 0 Å². The lowest BCUT2D eigenvalue weighted by atomic mass is 10.4. The minimum absolute atomic E-state index is 0.164. The van der Waals surface area contributed by atoms with E-state index in [1.807, 2.05) is 6.92 Å². The van der Waals surface area contributed by atoms with Crippen molar-refractivity contribution in [1.82, 2.24) is 10.0 Å². The zero-order chi connectivity index (χ0) is 15.9. The minimum atomic E-state index is -3.57. The molecule has 122 valence electrons. The Hall–Kier alpha value is -0.0300. The number of sulfonamides is 1. The first-order valence-electron chi connectivity index (χ1n) is 6.44. The van der Waals surface area contributed by atoms with Gasteiger partial charge in [0.15, 0.2) is 0 Å². The second-order valence-corrected chi connectivity index (χ2v) is 8.49. The van der Waals surface area contributed by atoms with Gasteiger partial charge in [0.25, 0.3) is 0 Å². The third-order valence-corrected chi connectivity index (χ3v) is 6.41. The Kier molecular flexibility index (Phi) is 8.32. The van der Waals surface area contributed by atoms with Crippen LogP contribution in [-0.2, 0) is 26.0 Å². The van der Waals surface area contributed by atoms with Gasteiger partial charge in [0.2, 0.25) is 10.0 Å². The molecule has 0 aliphatic carbocycles. The summed E-state index contributed by atoms with van der Waals surface area (Å²) in [4.78, 5) is 1.22. The van der Waals surface area contributed by atoms with Crippen LogP contribution in [0.15, 0.2) is 14.7 Å². The number of hydrogen-bond donors (Lipinski definition) is 2. The summed E-state index contributed by atoms with van der Waals surface area (Å²) >= 11 is 4.73. The van der Waals surface area contributed by atoms with Crippen LogP contribution in [0.5, 0.6) is 0 Å². The van der Waals surface area contributed by atoms with E-state index in [-0.39, 0.29) is 17.5 Å². The molecule has 0 aliphatic rings. The van der Waals surface area contributed by atoms with E-state index in [0.717, 1.165) is 11.4 Å². The zero-order valence-electron chi connectivity index (χ0n) is 12.3. The molecule has 1 unspecified atom stereocenters. The van der Waals surface area contributed by atoms with Crippen molar-refractivity contribution in [1.29, 1.82) is 0 Å². The third-order valence-electron chi connectivity index (χ3n) is 2.73. The Labute approximate surface area is 138 Å². The van der Waals surface area contributed by atoms with Crippen molar-refractivity contribution >= 4 is 37.3 Å². The van der Waals surface area contributed by atoms with E-state index in [1.54, 1.807) is 13.2 Å². The van der Waals surface area contributed by atoms with Gasteiger partial charge < -0.3 is 14.8 Å². The van der Waals surface area contributed by atoms with Crippen molar-refractivity contribution in [2.75, 3.05) is 33.9 Å². The van der Waals surface area contributed by atoms with Gasteiger partial charge in [0.1, 0.15) is 4.90 Å². The van der Waals surface area contributed by atoms with Crippen LogP contribution < -0.4 is 10.0 Å². The predicted molar refractivity (Wildman–Crippen MR) is 87.3 cm³/mol. The van der Waals surface area contributed by atoms with E-state index in [4.69, 9.17) is 9.47 Å². The smallest absolute Gasteiger partial charge is 0.242 e. The van der Waals surface area contributed by atoms with Crippen LogP contribution in [-0.4, -0.2) is 48.4 Å². The summed E-state index contributed by atoms with van der Waals surface area (Å²) in [5.74, 6) is 0. The molecule has 1 rings (SSSR count). The minimum Gasteiger partial charge on any atom is -0.382 e. The average Bonchev–Trinajstić information content (AvgIpc) is 2.83. The van der Waals surface area contributed by atoms with Crippen molar-refractivity contribution < 1.29 is 17.9 Å². The normalized spacial score (nSPS) is 13.5. The SMILES string of the molecule is CCNCc1cc(S(=O)(=O)NCC(COC)OC)c(Br)s1. The fraction of sp³-hybridized carbons (Fsp3) is 0.667. The molecular formula is C12H21BrN2O4S2. The molecule has 0 aromatic carbocycles. The maximum absolute atomic E-state index is 12.3. The van der Waals surface area contributed by atoms with Gasteiger partial charge in [-0.2, -0.15) is 0 Å². The molecule has 1 aromatic rings. The Morgan fingerprint density at radius 2 is 2.14 bits per heavy atom. The monoisotopic (exact) mass is 400 g/mol. The average molecular weight is 401 g/mol. The number of ether oxygens (including phenoxy) is 2. The zero-order valence-corrected chi connectivity index (χ0v) is 15.5. The van der Waals surface area contributed by atoms with Gasteiger partial charge in [0.05, 0.1) is 16.5 Å². The van der Waals surface area contributed by atoms with Crippen molar-refractivity contribution in [2.45, 2.75) is 24.5 Å². The molecule has 0 aliphatic heterocycles. The summed E-state index contributed by atoms with van der Waals surface area (Å²) < 4.78 is 37.9. The van der Waals surface area contributed by atoms with Crippen molar-refractivity contribution in [2.24, 2.45) is 0 Å². The van der Waals surface area contributed by atoms with Crippen LogP contribution in [0, 0.1) is 0 Å². The molecule has 6 nitrogen and oxygen atoms in total. The van der Waals surface area contributed by atoms with Crippen LogP contribution in [0.4, 0.5) is 0 Å². The van der Waals surface area contributed by atoms with E-state index >= 15 is 0 Å². The highest BCUT2D eigenvalue weighted by Crippen LogP contribution is 2.31. The van der Waals surface area contributed by atoms with Crippen LogP contribution in [0.1, 0.15) is 11.8 Å². The summed E-state index contributed by atoms with van der Waals surface area (Å²) in [7, 11) is -0.503. The van der Waals surface area contributed by atoms with Gasteiger partial charge in [-0.3, -0.25) is 0 Å². The molecule has 0 radical (unpaired) electrons. The Morgan fingerprint density at radius 1 is 1.43 bits per heavy atom. The summed E-state index contributed by atoms with van der Waals surface area (Å²) in [6.45, 7) is 3.98. The number of halogens is 1. The van der Waals surface area contributed by atoms with E-state index in [9.17, 15) is 8.42 Å². The van der Waals surface area contributed by atoms with Crippen molar-refractivity contribution in [3.05, 3.63) is 14.7 Å². The second kappa shape index (κ2) is 9.19. The highest BCUT2D eigenvalue weighted by molar-refractivity contribution is 9.11. The Morgan fingerprint density at radius 3 is 2.71 bits per heavy atom. The molecule has 0 saturated carbocycles. The van der Waals surface area contributed by atoms with E-state index < -0.39 is 10.0 Å². The predicted octanol–water partition coefficient (Wildman–Crippen LogP) is 1.56. The van der Waals surface area contributed by atoms with Crippen molar-refractivity contribution in [3.8, 4) is 0 Å². The molecule has 0 bridgehead atoms. The number of hydrogen-bond acceptors (Lipinski definition) is 6.